The van der Waals surface area contributed by atoms with Crippen molar-refractivity contribution in [1.82, 2.24) is 10.6 Å². The monoisotopic (exact) mass is 314 g/mol. The number of rotatable bonds is 9. The predicted octanol–water partition coefficient (Wildman–Crippen LogP) is -2.90. The van der Waals surface area contributed by atoms with E-state index in [4.69, 9.17) is 9.79 Å². The van der Waals surface area contributed by atoms with Gasteiger partial charge in [0.1, 0.15) is 0 Å². The molecule has 0 aliphatic carbocycles. The van der Waals surface area contributed by atoms with E-state index in [1.54, 1.807) is 0 Å². The standard InChI is InChI=1S/C7H19N2O3PS.4H2O/c1-8-4-2-3-5-9-6-7-14-13(10,11)12;;;;/h8-9H,2-7H2,1H3,(H2,10,11,12);4*1H2. The molecule has 11 heteroatoms. The highest BCUT2D eigenvalue weighted by Crippen LogP contribution is 2.49. The van der Waals surface area contributed by atoms with Crippen LogP contribution in [0.3, 0.4) is 0 Å². The van der Waals surface area contributed by atoms with Crippen molar-refractivity contribution >= 4 is 18.2 Å². The third-order valence-electron chi connectivity index (χ3n) is 1.57. The van der Waals surface area contributed by atoms with Gasteiger partial charge in [0, 0.05) is 12.3 Å². The van der Waals surface area contributed by atoms with Gasteiger partial charge in [0.25, 0.3) is 0 Å². The average molecular weight is 314 g/mol. The molecule has 0 aliphatic rings. The van der Waals surface area contributed by atoms with E-state index in [0.29, 0.717) is 23.7 Å². The smallest absolute Gasteiger partial charge is 0.384 e. The highest BCUT2D eigenvalue weighted by Gasteiger charge is 2.11. The number of unbranched alkanes of at least 4 members (excludes halogenated alkanes) is 1. The molecule has 0 aromatic carbocycles. The van der Waals surface area contributed by atoms with Crippen molar-refractivity contribution in [1.29, 1.82) is 0 Å². The van der Waals surface area contributed by atoms with Gasteiger partial charge in [0.2, 0.25) is 0 Å². The second-order valence-corrected chi connectivity index (χ2v) is 6.73. The summed E-state index contributed by atoms with van der Waals surface area (Å²) in [5.41, 5.74) is 0. The minimum absolute atomic E-state index is 0. The molecule has 18 heavy (non-hydrogen) atoms. The lowest BCUT2D eigenvalue weighted by Gasteiger charge is -2.05. The normalized spacial score (nSPS) is 9.28. The lowest BCUT2D eigenvalue weighted by molar-refractivity contribution is 0.397. The molecule has 9 nitrogen and oxygen atoms in total. The van der Waals surface area contributed by atoms with Crippen LogP contribution >= 0.6 is 18.2 Å². The molecule has 12 N–H and O–H groups in total. The Hall–Kier alpha value is 0.260. The quantitative estimate of drug-likeness (QED) is 0.259. The first-order chi connectivity index (χ1) is 6.56. The van der Waals surface area contributed by atoms with E-state index in [2.05, 4.69) is 10.6 Å². The van der Waals surface area contributed by atoms with Crippen molar-refractivity contribution in [3.05, 3.63) is 0 Å². The summed E-state index contributed by atoms with van der Waals surface area (Å²) in [4.78, 5) is 17.1. The summed E-state index contributed by atoms with van der Waals surface area (Å²) in [5.74, 6) is 0.455. The van der Waals surface area contributed by atoms with Gasteiger partial charge in [0.05, 0.1) is 0 Å². The Bertz CT molecular complexity index is 183. The summed E-state index contributed by atoms with van der Waals surface area (Å²) in [5, 5.41) is 6.18. The molecule has 0 radical (unpaired) electrons. The summed E-state index contributed by atoms with van der Waals surface area (Å²) < 4.78 is 10.4. The van der Waals surface area contributed by atoms with Gasteiger partial charge in [-0.15, -0.1) is 0 Å². The zero-order chi connectivity index (χ0) is 10.9. The lowest BCUT2D eigenvalue weighted by atomic mass is 10.3. The Morgan fingerprint density at radius 3 is 1.94 bits per heavy atom. The molecule has 0 atom stereocenters. The van der Waals surface area contributed by atoms with Crippen molar-refractivity contribution in [2.75, 3.05) is 32.4 Å². The summed E-state index contributed by atoms with van der Waals surface area (Å²) >= 11 is 0.694. The molecule has 0 fully saturated rings. The van der Waals surface area contributed by atoms with Gasteiger partial charge in [-0.05, 0) is 44.4 Å². The van der Waals surface area contributed by atoms with Gasteiger partial charge in [-0.3, -0.25) is 0 Å². The van der Waals surface area contributed by atoms with E-state index in [1.807, 2.05) is 7.05 Å². The highest BCUT2D eigenvalue weighted by atomic mass is 32.7. The van der Waals surface area contributed by atoms with Gasteiger partial charge < -0.3 is 42.3 Å². The van der Waals surface area contributed by atoms with Gasteiger partial charge in [-0.25, -0.2) is 4.57 Å². The molecule has 0 unspecified atom stereocenters. The van der Waals surface area contributed by atoms with E-state index in [-0.39, 0.29) is 21.9 Å². The maximum atomic E-state index is 10.4. The second-order valence-electron chi connectivity index (χ2n) is 2.88. The number of hydrogen-bond donors (Lipinski definition) is 4. The van der Waals surface area contributed by atoms with Crippen LogP contribution in [0.1, 0.15) is 12.8 Å². The van der Waals surface area contributed by atoms with Crippen LogP contribution in [-0.2, 0) is 4.57 Å². The predicted molar refractivity (Wildman–Crippen MR) is 75.0 cm³/mol. The Balaban J connectivity index is -0.000000141. The van der Waals surface area contributed by atoms with Crippen LogP contribution in [0.15, 0.2) is 0 Å². The van der Waals surface area contributed by atoms with Crippen molar-refractivity contribution in [3.8, 4) is 0 Å². The molecule has 118 valence electrons. The maximum Gasteiger partial charge on any atom is 0.384 e. The average Bonchev–Trinajstić information content (AvgIpc) is 2.08. The second kappa shape index (κ2) is 19.6. The fourth-order valence-electron chi connectivity index (χ4n) is 0.914. The molecule has 0 aromatic rings. The van der Waals surface area contributed by atoms with Crippen molar-refractivity contribution in [3.63, 3.8) is 0 Å². The third-order valence-corrected chi connectivity index (χ3v) is 3.85. The van der Waals surface area contributed by atoms with E-state index in [0.717, 1.165) is 25.9 Å². The van der Waals surface area contributed by atoms with Gasteiger partial charge in [-0.1, -0.05) is 0 Å². The minimum atomic E-state index is -3.87. The molecule has 0 spiro atoms. The molecule has 0 aliphatic heterocycles. The molecular formula is C7H27N2O7PS. The molecule has 0 aromatic heterocycles. The fraction of sp³-hybridized carbons (Fsp3) is 1.00. The summed E-state index contributed by atoms with van der Waals surface area (Å²) in [7, 11) is 1.92. The zero-order valence-corrected chi connectivity index (χ0v) is 12.1. The highest BCUT2D eigenvalue weighted by molar-refractivity contribution is 8.54. The Kier molecular flexibility index (Phi) is 33.7. The number of nitrogens with one attached hydrogen (secondary N) is 2. The Labute approximate surface area is 111 Å². The minimum Gasteiger partial charge on any atom is -0.412 e. The zero-order valence-electron chi connectivity index (χ0n) is 10.4. The van der Waals surface area contributed by atoms with Crippen LogP contribution in [0, 0.1) is 0 Å². The van der Waals surface area contributed by atoms with Crippen molar-refractivity contribution in [2.45, 2.75) is 12.8 Å². The van der Waals surface area contributed by atoms with Gasteiger partial charge in [0.15, 0.2) is 0 Å². The van der Waals surface area contributed by atoms with Crippen LogP contribution in [0.25, 0.3) is 0 Å². The fourth-order valence-corrected chi connectivity index (χ4v) is 2.37. The van der Waals surface area contributed by atoms with Crippen LogP contribution < -0.4 is 10.6 Å². The number of hydrogen-bond acceptors (Lipinski definition) is 4. The van der Waals surface area contributed by atoms with Crippen LogP contribution in [0.4, 0.5) is 0 Å². The maximum absolute atomic E-state index is 10.4. The molecular weight excluding hydrogens is 287 g/mol. The largest absolute Gasteiger partial charge is 0.412 e. The van der Waals surface area contributed by atoms with Crippen molar-refractivity contribution < 1.29 is 36.3 Å². The van der Waals surface area contributed by atoms with E-state index < -0.39 is 6.80 Å². The van der Waals surface area contributed by atoms with Crippen molar-refractivity contribution in [2.24, 2.45) is 0 Å². The van der Waals surface area contributed by atoms with Crippen LogP contribution in [-0.4, -0.2) is 64.1 Å². The van der Waals surface area contributed by atoms with E-state index in [9.17, 15) is 4.57 Å². The van der Waals surface area contributed by atoms with Gasteiger partial charge in [-0.2, -0.15) is 0 Å². The Morgan fingerprint density at radius 1 is 1.00 bits per heavy atom. The molecule has 0 saturated carbocycles. The lowest BCUT2D eigenvalue weighted by Crippen LogP contribution is -2.19. The summed E-state index contributed by atoms with van der Waals surface area (Å²) in [6.07, 6.45) is 2.20. The first-order valence-electron chi connectivity index (χ1n) is 4.61. The Morgan fingerprint density at radius 2 is 1.50 bits per heavy atom. The van der Waals surface area contributed by atoms with E-state index in [1.165, 1.54) is 0 Å². The topological polar surface area (TPSA) is 208 Å². The van der Waals surface area contributed by atoms with Crippen LogP contribution in [0.5, 0.6) is 0 Å². The molecule has 0 saturated heterocycles. The van der Waals surface area contributed by atoms with E-state index >= 15 is 0 Å². The first kappa shape index (κ1) is 30.9. The third kappa shape index (κ3) is 29.9. The molecule has 0 bridgehead atoms. The molecule has 0 rings (SSSR count). The molecule has 0 heterocycles. The van der Waals surface area contributed by atoms with Gasteiger partial charge >= 0.3 is 6.80 Å². The van der Waals surface area contributed by atoms with Crippen LogP contribution in [0.2, 0.25) is 0 Å². The first-order valence-corrected chi connectivity index (χ1v) is 7.82. The molecule has 0 amide bonds. The summed E-state index contributed by atoms with van der Waals surface area (Å²) in [6.45, 7) is -1.30. The SMILES string of the molecule is CNCCCCNCCSP(=O)(O)O.O.O.O.O. The summed E-state index contributed by atoms with van der Waals surface area (Å²) in [6, 6.07) is 0.